The Kier molecular flexibility index (Phi) is 5.07. The summed E-state index contributed by atoms with van der Waals surface area (Å²) in [5, 5.41) is 9.33. The molecule has 1 atom stereocenters. The van der Waals surface area contributed by atoms with Gasteiger partial charge in [-0.15, -0.1) is 0 Å². The molecular weight excluding hydrogens is 377 g/mol. The first-order valence-electron chi connectivity index (χ1n) is 9.46. The number of carbonyl (C=O) groups excluding carboxylic acids is 1. The Balaban J connectivity index is 1.90. The minimum Gasteiger partial charge on any atom is -0.494 e. The van der Waals surface area contributed by atoms with Crippen LogP contribution in [0, 0.1) is 5.82 Å². The molecule has 2 heterocycles. The van der Waals surface area contributed by atoms with Crippen LogP contribution in [-0.4, -0.2) is 35.7 Å². The monoisotopic (exact) mass is 397 g/mol. The SMILES string of the molecule is CCOc1ccc([C@H]2c3c(oc4ccc(F)cc4c3=O)C(=O)N2CCCO)cc1. The fraction of sp³-hybridized carbons (Fsp3) is 0.273. The van der Waals surface area contributed by atoms with Gasteiger partial charge < -0.3 is 19.2 Å². The van der Waals surface area contributed by atoms with E-state index in [-0.39, 0.29) is 35.4 Å². The highest BCUT2D eigenvalue weighted by molar-refractivity contribution is 5.99. The van der Waals surface area contributed by atoms with E-state index in [1.807, 2.05) is 6.92 Å². The summed E-state index contributed by atoms with van der Waals surface area (Å²) < 4.78 is 24.9. The summed E-state index contributed by atoms with van der Waals surface area (Å²) in [6, 6.07) is 10.1. The van der Waals surface area contributed by atoms with Gasteiger partial charge in [-0.3, -0.25) is 9.59 Å². The number of carbonyl (C=O) groups is 1. The molecule has 1 aliphatic rings. The summed E-state index contributed by atoms with van der Waals surface area (Å²) >= 11 is 0. The Bertz CT molecular complexity index is 1120. The van der Waals surface area contributed by atoms with Crippen LogP contribution in [0.5, 0.6) is 5.75 Å². The van der Waals surface area contributed by atoms with Crippen molar-refractivity contribution in [3.63, 3.8) is 0 Å². The van der Waals surface area contributed by atoms with Gasteiger partial charge >= 0.3 is 0 Å². The first-order chi connectivity index (χ1) is 14.0. The molecule has 0 spiro atoms. The highest BCUT2D eigenvalue weighted by Crippen LogP contribution is 2.38. The zero-order chi connectivity index (χ0) is 20.5. The van der Waals surface area contributed by atoms with Gasteiger partial charge in [0.2, 0.25) is 5.76 Å². The second-order valence-corrected chi connectivity index (χ2v) is 6.79. The highest BCUT2D eigenvalue weighted by Gasteiger charge is 2.42. The largest absolute Gasteiger partial charge is 0.494 e. The van der Waals surface area contributed by atoms with Crippen LogP contribution < -0.4 is 10.2 Å². The van der Waals surface area contributed by atoms with Gasteiger partial charge in [0.25, 0.3) is 5.91 Å². The number of aliphatic hydroxyl groups excluding tert-OH is 1. The summed E-state index contributed by atoms with van der Waals surface area (Å²) in [4.78, 5) is 27.8. The molecule has 0 bridgehead atoms. The van der Waals surface area contributed by atoms with Crippen molar-refractivity contribution in [2.24, 2.45) is 0 Å². The third-order valence-corrected chi connectivity index (χ3v) is 4.99. The summed E-state index contributed by atoms with van der Waals surface area (Å²) in [6.07, 6.45) is 0.357. The van der Waals surface area contributed by atoms with E-state index in [1.54, 1.807) is 24.3 Å². The maximum Gasteiger partial charge on any atom is 0.290 e. The van der Waals surface area contributed by atoms with Gasteiger partial charge in [0, 0.05) is 13.2 Å². The zero-order valence-electron chi connectivity index (χ0n) is 15.9. The van der Waals surface area contributed by atoms with Crippen LogP contribution in [0.1, 0.15) is 41.1 Å². The molecule has 0 aliphatic carbocycles. The number of nitrogens with zero attached hydrogens (tertiary/aromatic N) is 1. The predicted octanol–water partition coefficient (Wildman–Crippen LogP) is 3.26. The Morgan fingerprint density at radius 3 is 2.62 bits per heavy atom. The van der Waals surface area contributed by atoms with Crippen LogP contribution in [0.3, 0.4) is 0 Å². The molecule has 1 aromatic heterocycles. The average Bonchev–Trinajstić information content (AvgIpc) is 3.00. The molecule has 1 amide bonds. The van der Waals surface area contributed by atoms with Gasteiger partial charge in [0.1, 0.15) is 17.1 Å². The van der Waals surface area contributed by atoms with Crippen molar-refractivity contribution in [3.05, 3.63) is 75.4 Å². The van der Waals surface area contributed by atoms with Crippen LogP contribution in [0.25, 0.3) is 11.0 Å². The quantitative estimate of drug-likeness (QED) is 0.691. The number of ether oxygens (including phenoxy) is 1. The van der Waals surface area contributed by atoms with Crippen molar-refractivity contribution in [2.75, 3.05) is 19.8 Å². The van der Waals surface area contributed by atoms with Gasteiger partial charge in [0.15, 0.2) is 5.43 Å². The summed E-state index contributed by atoms with van der Waals surface area (Å²) in [5.41, 5.74) is 0.634. The third-order valence-electron chi connectivity index (χ3n) is 4.99. The normalized spacial score (nSPS) is 15.8. The number of benzene rings is 2. The third kappa shape index (κ3) is 3.27. The first kappa shape index (κ1) is 19.1. The Labute approximate surface area is 166 Å². The number of fused-ring (bicyclic) bond motifs is 2. The van der Waals surface area contributed by atoms with E-state index >= 15 is 0 Å². The highest BCUT2D eigenvalue weighted by atomic mass is 19.1. The van der Waals surface area contributed by atoms with Crippen molar-refractivity contribution in [2.45, 2.75) is 19.4 Å². The van der Waals surface area contributed by atoms with E-state index < -0.39 is 23.2 Å². The molecule has 2 aromatic carbocycles. The number of rotatable bonds is 6. The topological polar surface area (TPSA) is 80.0 Å². The van der Waals surface area contributed by atoms with Gasteiger partial charge in [-0.2, -0.15) is 0 Å². The summed E-state index contributed by atoms with van der Waals surface area (Å²) in [6.45, 7) is 2.56. The molecule has 1 N–H and O–H groups in total. The molecule has 0 unspecified atom stereocenters. The fourth-order valence-corrected chi connectivity index (χ4v) is 3.72. The van der Waals surface area contributed by atoms with Crippen LogP contribution in [0.2, 0.25) is 0 Å². The lowest BCUT2D eigenvalue weighted by molar-refractivity contribution is 0.0716. The van der Waals surface area contributed by atoms with Gasteiger partial charge in [-0.25, -0.2) is 4.39 Å². The summed E-state index contributed by atoms with van der Waals surface area (Å²) in [5.74, 6) is -0.333. The number of aliphatic hydroxyl groups is 1. The second-order valence-electron chi connectivity index (χ2n) is 6.79. The summed E-state index contributed by atoms with van der Waals surface area (Å²) in [7, 11) is 0. The molecule has 3 aromatic rings. The maximum atomic E-state index is 13.7. The number of halogens is 1. The minimum atomic E-state index is -0.677. The molecule has 0 radical (unpaired) electrons. The molecule has 4 rings (SSSR count). The molecule has 1 aliphatic heterocycles. The van der Waals surface area contributed by atoms with Gasteiger partial charge in [-0.1, -0.05) is 12.1 Å². The molecule has 6 nitrogen and oxygen atoms in total. The molecule has 0 fully saturated rings. The van der Waals surface area contributed by atoms with Crippen LogP contribution >= 0.6 is 0 Å². The second kappa shape index (κ2) is 7.67. The van der Waals surface area contributed by atoms with Crippen LogP contribution in [0.15, 0.2) is 51.7 Å². The van der Waals surface area contributed by atoms with E-state index in [1.165, 1.54) is 17.0 Å². The maximum absolute atomic E-state index is 13.7. The van der Waals surface area contributed by atoms with Crippen molar-refractivity contribution in [1.82, 2.24) is 4.90 Å². The van der Waals surface area contributed by atoms with E-state index in [4.69, 9.17) is 9.15 Å². The van der Waals surface area contributed by atoms with E-state index in [0.717, 1.165) is 6.07 Å². The molecule has 0 saturated heterocycles. The van der Waals surface area contributed by atoms with E-state index in [9.17, 15) is 19.1 Å². The molecule has 7 heteroatoms. The van der Waals surface area contributed by atoms with Gasteiger partial charge in [-0.05, 0) is 49.2 Å². The van der Waals surface area contributed by atoms with E-state index in [2.05, 4.69) is 0 Å². The molecule has 150 valence electrons. The van der Waals surface area contributed by atoms with Gasteiger partial charge in [0.05, 0.1) is 23.6 Å². The minimum absolute atomic E-state index is 0.0362. The first-order valence-corrected chi connectivity index (χ1v) is 9.46. The Morgan fingerprint density at radius 2 is 1.93 bits per heavy atom. The van der Waals surface area contributed by atoms with Crippen molar-refractivity contribution < 1.29 is 23.4 Å². The van der Waals surface area contributed by atoms with E-state index in [0.29, 0.717) is 24.3 Å². The fourth-order valence-electron chi connectivity index (χ4n) is 3.72. The van der Waals surface area contributed by atoms with Crippen molar-refractivity contribution in [1.29, 1.82) is 0 Å². The lowest BCUT2D eigenvalue weighted by Crippen LogP contribution is -2.31. The van der Waals surface area contributed by atoms with Crippen LogP contribution in [-0.2, 0) is 0 Å². The number of hydrogen-bond acceptors (Lipinski definition) is 5. The Hall–Kier alpha value is -3.19. The lowest BCUT2D eigenvalue weighted by atomic mass is 9.98. The Morgan fingerprint density at radius 1 is 1.17 bits per heavy atom. The molecule has 29 heavy (non-hydrogen) atoms. The number of hydrogen-bond donors (Lipinski definition) is 1. The zero-order valence-corrected chi connectivity index (χ0v) is 15.9. The average molecular weight is 397 g/mol. The van der Waals surface area contributed by atoms with Crippen molar-refractivity contribution >= 4 is 16.9 Å². The lowest BCUT2D eigenvalue weighted by Gasteiger charge is -2.25. The molecule has 0 saturated carbocycles. The standard InChI is InChI=1S/C22H20FNO5/c1-2-28-15-7-4-13(5-8-15)19-18-20(26)16-12-14(23)6-9-17(16)29-21(18)22(27)24(19)10-3-11-25/h4-9,12,19,25H,2-3,10-11H2,1H3/t19-/m0/s1. The van der Waals surface area contributed by atoms with Crippen molar-refractivity contribution in [3.8, 4) is 5.75 Å². The smallest absolute Gasteiger partial charge is 0.290 e. The number of amides is 1. The predicted molar refractivity (Wildman–Crippen MR) is 105 cm³/mol. The molecular formula is C22H20FNO5. The van der Waals surface area contributed by atoms with Crippen LogP contribution in [0.4, 0.5) is 4.39 Å².